The van der Waals surface area contributed by atoms with Crippen molar-refractivity contribution in [3.63, 3.8) is 0 Å². The van der Waals surface area contributed by atoms with Gasteiger partial charge in [-0.15, -0.1) is 0 Å². The van der Waals surface area contributed by atoms with E-state index in [1.165, 1.54) is 35.3 Å². The monoisotopic (exact) mass is 640 g/mol. The van der Waals surface area contributed by atoms with Gasteiger partial charge in [0.15, 0.2) is 15.3 Å². The lowest BCUT2D eigenvalue weighted by molar-refractivity contribution is -0.110. The third-order valence-corrected chi connectivity index (χ3v) is 8.81. The molecule has 0 fully saturated rings. The zero-order valence-electron chi connectivity index (χ0n) is 25.5. The molecule has 0 aromatic heterocycles. The largest absolute Gasteiger partial charge is 0.492 e. The van der Waals surface area contributed by atoms with Crippen molar-refractivity contribution in [2.45, 2.75) is 63.2 Å². The maximum Gasteiger partial charge on any atom is 0.186 e. The van der Waals surface area contributed by atoms with Gasteiger partial charge in [0.25, 0.3) is 0 Å². The lowest BCUT2D eigenvalue weighted by Gasteiger charge is -2.21. The number of thioether (sulfide) groups is 3. The molecule has 0 amide bonds. The van der Waals surface area contributed by atoms with Gasteiger partial charge in [0.1, 0.15) is 37.1 Å². The van der Waals surface area contributed by atoms with Gasteiger partial charge in [0, 0.05) is 42.4 Å². The van der Waals surface area contributed by atoms with Crippen molar-refractivity contribution < 1.29 is 28.6 Å². The van der Waals surface area contributed by atoms with E-state index in [1.54, 1.807) is 20.8 Å². The summed E-state index contributed by atoms with van der Waals surface area (Å²) in [7, 11) is 0. The highest BCUT2D eigenvalue weighted by Crippen LogP contribution is 2.35. The van der Waals surface area contributed by atoms with Crippen LogP contribution in [-0.4, -0.2) is 50.9 Å². The minimum Gasteiger partial charge on any atom is -0.492 e. The van der Waals surface area contributed by atoms with Gasteiger partial charge in [-0.05, 0) is 73.9 Å². The summed E-state index contributed by atoms with van der Waals surface area (Å²) in [6.45, 7) is 12.0. The summed E-state index contributed by atoms with van der Waals surface area (Å²) in [5, 5.41) is 0.446. The van der Waals surface area contributed by atoms with E-state index in [0.29, 0.717) is 19.8 Å². The third-order valence-electron chi connectivity index (χ3n) is 6.20. The first-order valence-electron chi connectivity index (χ1n) is 14.2. The number of hydrogen-bond donors (Lipinski definition) is 0. The van der Waals surface area contributed by atoms with Gasteiger partial charge in [0.05, 0.1) is 0 Å². The fourth-order valence-corrected chi connectivity index (χ4v) is 6.55. The molecule has 0 aliphatic carbocycles. The Morgan fingerprint density at radius 2 is 0.721 bits per heavy atom. The Hall–Kier alpha value is -2.88. The molecule has 0 radical (unpaired) electrons. The summed E-state index contributed by atoms with van der Waals surface area (Å²) in [5.74, 6) is 2.20. The maximum atomic E-state index is 11.4. The summed E-state index contributed by atoms with van der Waals surface area (Å²) in [6.07, 6.45) is 0. The zero-order chi connectivity index (χ0) is 31.4. The first-order chi connectivity index (χ1) is 20.5. The lowest BCUT2D eigenvalue weighted by Crippen LogP contribution is -2.12. The number of carbonyl (C=O) groups excluding carboxylic acids is 3. The van der Waals surface area contributed by atoms with E-state index >= 15 is 0 Å². The number of carbonyl (C=O) groups is 3. The maximum absolute atomic E-state index is 11.4. The van der Waals surface area contributed by atoms with Gasteiger partial charge >= 0.3 is 0 Å². The van der Waals surface area contributed by atoms with Crippen LogP contribution in [0.4, 0.5) is 0 Å². The summed E-state index contributed by atoms with van der Waals surface area (Å²) in [5.41, 5.74) is 3.29. The Morgan fingerprint density at radius 3 is 0.930 bits per heavy atom. The molecule has 3 aromatic carbocycles. The van der Waals surface area contributed by atoms with Crippen LogP contribution in [0.25, 0.3) is 0 Å². The fraction of sp³-hybridized carbons (Fsp3) is 0.382. The van der Waals surface area contributed by atoms with E-state index in [2.05, 4.69) is 36.4 Å². The van der Waals surface area contributed by atoms with Crippen molar-refractivity contribution >= 4 is 50.6 Å². The molecule has 0 heterocycles. The standard InChI is InChI=1S/C34H40O6S3/c1-22(41-25(4)35)19-38-31-13-7-28(8-14-31)34(29-9-15-32(16-10-29)39-20-23(2)42-26(5)36)30-11-17-33(18-12-30)40-21-24(3)43-27(6)37/h7-18,22-24,34H,19-21H2,1-6H3. The van der Waals surface area contributed by atoms with Gasteiger partial charge in [-0.3, -0.25) is 14.4 Å². The van der Waals surface area contributed by atoms with Crippen molar-refractivity contribution in [3.05, 3.63) is 89.5 Å². The summed E-state index contributed by atoms with van der Waals surface area (Å²) >= 11 is 3.83. The molecular weight excluding hydrogens is 601 g/mol. The van der Waals surface area contributed by atoms with E-state index < -0.39 is 0 Å². The Balaban J connectivity index is 1.80. The minimum absolute atomic E-state index is 0.0521. The first-order valence-corrected chi connectivity index (χ1v) is 16.8. The molecule has 3 atom stereocenters. The lowest BCUT2D eigenvalue weighted by atomic mass is 9.85. The number of ether oxygens (including phenoxy) is 3. The van der Waals surface area contributed by atoms with E-state index in [0.717, 1.165) is 33.9 Å². The Morgan fingerprint density at radius 1 is 0.488 bits per heavy atom. The van der Waals surface area contributed by atoms with Crippen molar-refractivity contribution in [3.8, 4) is 17.2 Å². The van der Waals surface area contributed by atoms with Gasteiger partial charge in [-0.25, -0.2) is 0 Å². The van der Waals surface area contributed by atoms with Crippen molar-refractivity contribution in [1.29, 1.82) is 0 Å². The fourth-order valence-electron chi connectivity index (χ4n) is 4.44. The van der Waals surface area contributed by atoms with Crippen LogP contribution in [-0.2, 0) is 14.4 Å². The number of hydrogen-bond acceptors (Lipinski definition) is 9. The molecule has 230 valence electrons. The van der Waals surface area contributed by atoms with Crippen LogP contribution in [0.2, 0.25) is 0 Å². The molecule has 3 unspecified atom stereocenters. The second kappa shape index (κ2) is 17.4. The summed E-state index contributed by atoms with van der Waals surface area (Å²) in [6, 6.07) is 24.2. The first kappa shape index (κ1) is 34.6. The molecule has 6 nitrogen and oxygen atoms in total. The average molecular weight is 641 g/mol. The van der Waals surface area contributed by atoms with Crippen molar-refractivity contribution in [2.75, 3.05) is 19.8 Å². The number of benzene rings is 3. The number of rotatable bonds is 15. The molecule has 43 heavy (non-hydrogen) atoms. The topological polar surface area (TPSA) is 78.9 Å². The van der Waals surface area contributed by atoms with E-state index in [1.807, 2.05) is 57.2 Å². The van der Waals surface area contributed by atoms with E-state index in [9.17, 15) is 14.4 Å². The highest BCUT2D eigenvalue weighted by Gasteiger charge is 2.18. The Labute approximate surface area is 268 Å². The molecular formula is C34H40O6S3. The second-order valence-electron chi connectivity index (χ2n) is 10.3. The van der Waals surface area contributed by atoms with Gasteiger partial charge < -0.3 is 14.2 Å². The van der Waals surface area contributed by atoms with Crippen LogP contribution in [0.1, 0.15) is 64.2 Å². The van der Waals surface area contributed by atoms with Crippen LogP contribution in [0.15, 0.2) is 72.8 Å². The third kappa shape index (κ3) is 12.3. The van der Waals surface area contributed by atoms with Crippen LogP contribution in [0, 0.1) is 0 Å². The summed E-state index contributed by atoms with van der Waals surface area (Å²) in [4.78, 5) is 34.1. The van der Waals surface area contributed by atoms with Crippen LogP contribution in [0.3, 0.4) is 0 Å². The van der Waals surface area contributed by atoms with Crippen LogP contribution >= 0.6 is 35.3 Å². The van der Waals surface area contributed by atoms with E-state index in [4.69, 9.17) is 14.2 Å². The minimum atomic E-state index is -0.0521. The molecule has 3 aromatic rings. The molecule has 0 saturated heterocycles. The zero-order valence-corrected chi connectivity index (χ0v) is 28.0. The van der Waals surface area contributed by atoms with Crippen LogP contribution < -0.4 is 14.2 Å². The molecule has 0 saturated carbocycles. The van der Waals surface area contributed by atoms with Crippen molar-refractivity contribution in [1.82, 2.24) is 0 Å². The average Bonchev–Trinajstić information content (AvgIpc) is 2.95. The smallest absolute Gasteiger partial charge is 0.186 e. The summed E-state index contributed by atoms with van der Waals surface area (Å²) < 4.78 is 17.8. The highest BCUT2D eigenvalue weighted by molar-refractivity contribution is 8.14. The molecule has 0 N–H and O–H groups in total. The molecule has 0 spiro atoms. The van der Waals surface area contributed by atoms with Gasteiger partial charge in [-0.1, -0.05) is 71.7 Å². The molecule has 0 bridgehead atoms. The van der Waals surface area contributed by atoms with Crippen molar-refractivity contribution in [2.24, 2.45) is 0 Å². The van der Waals surface area contributed by atoms with Gasteiger partial charge in [-0.2, -0.15) is 0 Å². The Bertz CT molecular complexity index is 1160. The molecule has 0 aliphatic heterocycles. The van der Waals surface area contributed by atoms with E-state index in [-0.39, 0.29) is 37.0 Å². The predicted octanol–water partition coefficient (Wildman–Crippen LogP) is 8.01. The Kier molecular flexibility index (Phi) is 14.0. The SMILES string of the molecule is CC(=O)SC(C)COc1ccc(C(c2ccc(OCC(C)SC(C)=O)cc2)c2ccc(OCC(C)SC(C)=O)cc2)cc1. The van der Waals surface area contributed by atoms with Gasteiger partial charge in [0.2, 0.25) is 0 Å². The molecule has 3 rings (SSSR count). The normalized spacial score (nSPS) is 13.8. The molecule has 9 heteroatoms. The molecule has 0 aliphatic rings. The van der Waals surface area contributed by atoms with Crippen LogP contribution in [0.5, 0.6) is 17.2 Å². The quantitative estimate of drug-likeness (QED) is 0.154. The predicted molar refractivity (Wildman–Crippen MR) is 180 cm³/mol. The second-order valence-corrected chi connectivity index (χ2v) is 15.2. The highest BCUT2D eigenvalue weighted by atomic mass is 32.2.